The van der Waals surface area contributed by atoms with Crippen LogP contribution in [0.25, 0.3) is 22.3 Å². The molecule has 0 radical (unpaired) electrons. The van der Waals surface area contributed by atoms with Crippen molar-refractivity contribution in [2.75, 3.05) is 31.1 Å². The Labute approximate surface area is 152 Å². The van der Waals surface area contributed by atoms with Gasteiger partial charge in [0.25, 0.3) is 0 Å². The van der Waals surface area contributed by atoms with Crippen molar-refractivity contribution in [3.63, 3.8) is 0 Å². The minimum absolute atomic E-state index is 0.0206. The molecule has 0 amide bonds. The highest BCUT2D eigenvalue weighted by Gasteiger charge is 2.19. The van der Waals surface area contributed by atoms with Crippen molar-refractivity contribution in [1.29, 1.82) is 0 Å². The second-order valence-electron chi connectivity index (χ2n) is 7.01. The van der Waals surface area contributed by atoms with Crippen LogP contribution in [0.5, 0.6) is 0 Å². The van der Waals surface area contributed by atoms with Gasteiger partial charge in [0.15, 0.2) is 5.43 Å². The van der Waals surface area contributed by atoms with E-state index in [1.807, 2.05) is 30.3 Å². The van der Waals surface area contributed by atoms with Gasteiger partial charge in [0, 0.05) is 61.9 Å². The van der Waals surface area contributed by atoms with Crippen LogP contribution in [0.3, 0.4) is 0 Å². The average Bonchev–Trinajstić information content (AvgIpc) is 2.68. The molecule has 1 fully saturated rings. The first-order chi connectivity index (χ1) is 12.6. The number of anilines is 1. The molecule has 5 nitrogen and oxygen atoms in total. The number of fused-ring (bicyclic) bond motifs is 1. The summed E-state index contributed by atoms with van der Waals surface area (Å²) in [7, 11) is 0. The van der Waals surface area contributed by atoms with Crippen molar-refractivity contribution in [2.45, 2.75) is 19.9 Å². The zero-order chi connectivity index (χ0) is 18.1. The molecule has 5 heteroatoms. The highest BCUT2D eigenvalue weighted by Crippen LogP contribution is 2.25. The third-order valence-corrected chi connectivity index (χ3v) is 5.07. The van der Waals surface area contributed by atoms with E-state index in [9.17, 15) is 4.79 Å². The van der Waals surface area contributed by atoms with Crippen LogP contribution in [0, 0.1) is 0 Å². The fourth-order valence-electron chi connectivity index (χ4n) is 3.49. The van der Waals surface area contributed by atoms with Gasteiger partial charge in [0.1, 0.15) is 11.3 Å². The van der Waals surface area contributed by atoms with Gasteiger partial charge < -0.3 is 9.32 Å². The van der Waals surface area contributed by atoms with Crippen molar-refractivity contribution < 1.29 is 4.42 Å². The van der Waals surface area contributed by atoms with Crippen LogP contribution in [0.15, 0.2) is 58.0 Å². The van der Waals surface area contributed by atoms with E-state index in [4.69, 9.17) is 4.42 Å². The molecule has 134 valence electrons. The third-order valence-electron chi connectivity index (χ3n) is 5.07. The topological polar surface area (TPSA) is 49.6 Å². The average molecular weight is 349 g/mol. The van der Waals surface area contributed by atoms with Crippen LogP contribution in [-0.2, 0) is 0 Å². The van der Waals surface area contributed by atoms with E-state index in [2.05, 4.69) is 28.6 Å². The lowest BCUT2D eigenvalue weighted by Gasteiger charge is -2.38. The number of benzene rings is 1. The first-order valence-corrected chi connectivity index (χ1v) is 9.09. The van der Waals surface area contributed by atoms with Gasteiger partial charge in [0.2, 0.25) is 0 Å². The summed E-state index contributed by atoms with van der Waals surface area (Å²) in [6.07, 6.45) is 3.40. The number of hydrogen-bond donors (Lipinski definition) is 0. The number of rotatable bonds is 3. The van der Waals surface area contributed by atoms with Crippen LogP contribution in [0.2, 0.25) is 0 Å². The molecule has 3 heterocycles. The van der Waals surface area contributed by atoms with Crippen LogP contribution in [-0.4, -0.2) is 42.1 Å². The molecule has 0 saturated carbocycles. The second-order valence-corrected chi connectivity index (χ2v) is 7.01. The number of aromatic nitrogens is 1. The Morgan fingerprint density at radius 3 is 2.58 bits per heavy atom. The molecular weight excluding hydrogens is 326 g/mol. The molecule has 0 atom stereocenters. The zero-order valence-electron chi connectivity index (χ0n) is 15.2. The van der Waals surface area contributed by atoms with E-state index in [-0.39, 0.29) is 5.43 Å². The summed E-state index contributed by atoms with van der Waals surface area (Å²) in [6, 6.07) is 11.8. The molecule has 2 aromatic heterocycles. The number of piperazine rings is 1. The van der Waals surface area contributed by atoms with E-state index in [1.165, 1.54) is 0 Å². The molecule has 0 bridgehead atoms. The first-order valence-electron chi connectivity index (χ1n) is 9.09. The van der Waals surface area contributed by atoms with Gasteiger partial charge in [0.05, 0.1) is 5.39 Å². The third kappa shape index (κ3) is 3.22. The van der Waals surface area contributed by atoms with Crippen molar-refractivity contribution in [3.8, 4) is 11.3 Å². The van der Waals surface area contributed by atoms with Crippen molar-refractivity contribution >= 4 is 16.7 Å². The molecule has 1 aromatic carbocycles. The molecule has 0 N–H and O–H groups in total. The molecule has 0 spiro atoms. The molecule has 3 aromatic rings. The second kappa shape index (κ2) is 6.92. The van der Waals surface area contributed by atoms with Crippen LogP contribution in [0.1, 0.15) is 13.8 Å². The summed E-state index contributed by atoms with van der Waals surface area (Å²) in [5, 5.41) is 0.626. The van der Waals surface area contributed by atoms with E-state index in [0.29, 0.717) is 22.8 Å². The molecule has 0 unspecified atom stereocenters. The van der Waals surface area contributed by atoms with Crippen LogP contribution < -0.4 is 10.3 Å². The van der Waals surface area contributed by atoms with Gasteiger partial charge in [-0.15, -0.1) is 0 Å². The van der Waals surface area contributed by atoms with E-state index in [0.717, 1.165) is 37.4 Å². The monoisotopic (exact) mass is 349 g/mol. The zero-order valence-corrected chi connectivity index (χ0v) is 15.2. The number of pyridine rings is 1. The smallest absolute Gasteiger partial charge is 0.193 e. The van der Waals surface area contributed by atoms with E-state index >= 15 is 0 Å². The lowest BCUT2D eigenvalue weighted by molar-refractivity contribution is 0.209. The van der Waals surface area contributed by atoms with Crippen molar-refractivity contribution in [2.24, 2.45) is 0 Å². The van der Waals surface area contributed by atoms with Gasteiger partial charge in [-0.05, 0) is 44.2 Å². The van der Waals surface area contributed by atoms with Gasteiger partial charge in [-0.2, -0.15) is 0 Å². The lowest BCUT2D eigenvalue weighted by atomic mass is 10.1. The largest absolute Gasteiger partial charge is 0.456 e. The maximum Gasteiger partial charge on any atom is 0.193 e. The van der Waals surface area contributed by atoms with Crippen molar-refractivity contribution in [1.82, 2.24) is 9.88 Å². The van der Waals surface area contributed by atoms with Crippen molar-refractivity contribution in [3.05, 3.63) is 59.0 Å². The summed E-state index contributed by atoms with van der Waals surface area (Å²) >= 11 is 0. The number of hydrogen-bond acceptors (Lipinski definition) is 5. The Bertz CT molecular complexity index is 958. The first kappa shape index (κ1) is 16.8. The lowest BCUT2D eigenvalue weighted by Crippen LogP contribution is -2.48. The Kier molecular flexibility index (Phi) is 4.47. The van der Waals surface area contributed by atoms with E-state index < -0.39 is 0 Å². The van der Waals surface area contributed by atoms with Gasteiger partial charge in [-0.1, -0.05) is 0 Å². The van der Waals surface area contributed by atoms with Crippen LogP contribution >= 0.6 is 0 Å². The Hall–Kier alpha value is -2.66. The Balaban J connectivity index is 1.64. The molecule has 1 aliphatic heterocycles. The molecule has 26 heavy (non-hydrogen) atoms. The highest BCUT2D eigenvalue weighted by molar-refractivity contribution is 5.82. The molecule has 1 aliphatic rings. The predicted molar refractivity (Wildman–Crippen MR) is 105 cm³/mol. The summed E-state index contributed by atoms with van der Waals surface area (Å²) in [4.78, 5) is 21.6. The van der Waals surface area contributed by atoms with Crippen LogP contribution in [0.4, 0.5) is 5.69 Å². The normalized spacial score (nSPS) is 15.7. The Morgan fingerprint density at radius 1 is 1.08 bits per heavy atom. The fourth-order valence-corrected chi connectivity index (χ4v) is 3.49. The summed E-state index contributed by atoms with van der Waals surface area (Å²) in [5.74, 6) is 0.550. The predicted octanol–water partition coefficient (Wildman–Crippen LogP) is 3.39. The summed E-state index contributed by atoms with van der Waals surface area (Å²) in [5.41, 5.74) is 2.48. The molecule has 0 aliphatic carbocycles. The minimum Gasteiger partial charge on any atom is -0.456 e. The van der Waals surface area contributed by atoms with Gasteiger partial charge in [-0.3, -0.25) is 14.7 Å². The van der Waals surface area contributed by atoms with E-state index in [1.54, 1.807) is 18.5 Å². The summed E-state index contributed by atoms with van der Waals surface area (Å²) in [6.45, 7) is 8.51. The van der Waals surface area contributed by atoms with Gasteiger partial charge in [-0.25, -0.2) is 0 Å². The highest BCUT2D eigenvalue weighted by atomic mass is 16.3. The number of nitrogens with zero attached hydrogens (tertiary/aromatic N) is 3. The Morgan fingerprint density at radius 2 is 1.88 bits per heavy atom. The van der Waals surface area contributed by atoms with Gasteiger partial charge >= 0.3 is 0 Å². The molecule has 4 rings (SSSR count). The maximum absolute atomic E-state index is 12.6. The molecule has 1 saturated heterocycles. The maximum atomic E-state index is 12.6. The fraction of sp³-hybridized carbons (Fsp3) is 0.333. The minimum atomic E-state index is -0.0206. The quantitative estimate of drug-likeness (QED) is 0.725. The molecular formula is C21H23N3O2. The standard InChI is InChI=1S/C21H23N3O2/c1-15(2)23-8-10-24(11-9-23)17-5-6-20-18(12-17)19(25)13-21(26-20)16-4-3-7-22-14-16/h3-7,12-15H,8-11H2,1-2H3. The summed E-state index contributed by atoms with van der Waals surface area (Å²) < 4.78 is 5.95. The SMILES string of the molecule is CC(C)N1CCN(c2ccc3oc(-c4cccnc4)cc(=O)c3c2)CC1.